The summed E-state index contributed by atoms with van der Waals surface area (Å²) in [6.45, 7) is 2.60. The molecule has 1 aliphatic rings. The summed E-state index contributed by atoms with van der Waals surface area (Å²) < 4.78 is 10.3. The number of benzene rings is 1. The molecular formula is C18H27NO3. The Bertz CT molecular complexity index is 475. The van der Waals surface area contributed by atoms with Crippen LogP contribution in [0.5, 0.6) is 5.75 Å². The van der Waals surface area contributed by atoms with Crippen molar-refractivity contribution in [1.29, 1.82) is 0 Å². The van der Waals surface area contributed by atoms with Gasteiger partial charge in [0.2, 0.25) is 5.91 Å². The lowest BCUT2D eigenvalue weighted by Crippen LogP contribution is -2.40. The van der Waals surface area contributed by atoms with Crippen LogP contribution in [0.15, 0.2) is 24.3 Å². The molecule has 0 spiro atoms. The normalized spacial score (nSPS) is 18.3. The van der Waals surface area contributed by atoms with Crippen LogP contribution in [-0.2, 0) is 16.0 Å². The maximum Gasteiger partial charge on any atom is 0.227 e. The summed E-state index contributed by atoms with van der Waals surface area (Å²) in [5.41, 5.74) is 1.02. The topological polar surface area (TPSA) is 38.8 Å². The van der Waals surface area contributed by atoms with Gasteiger partial charge in [0.05, 0.1) is 13.5 Å². The minimum Gasteiger partial charge on any atom is -0.497 e. The molecule has 0 bridgehead atoms. The molecule has 1 atom stereocenters. The van der Waals surface area contributed by atoms with Crippen molar-refractivity contribution in [2.24, 2.45) is 5.92 Å². The van der Waals surface area contributed by atoms with E-state index < -0.39 is 0 Å². The van der Waals surface area contributed by atoms with Gasteiger partial charge >= 0.3 is 0 Å². The number of nitrogens with zero attached hydrogens (tertiary/aromatic N) is 1. The molecule has 0 unspecified atom stereocenters. The van der Waals surface area contributed by atoms with Crippen molar-refractivity contribution in [1.82, 2.24) is 4.90 Å². The van der Waals surface area contributed by atoms with E-state index in [1.54, 1.807) is 14.2 Å². The molecule has 1 aliphatic heterocycles. The van der Waals surface area contributed by atoms with E-state index in [0.717, 1.165) is 50.3 Å². The molecule has 1 heterocycles. The Morgan fingerprint density at radius 2 is 2.23 bits per heavy atom. The van der Waals surface area contributed by atoms with Crippen molar-refractivity contribution >= 4 is 5.91 Å². The number of hydrogen-bond acceptors (Lipinski definition) is 3. The molecule has 1 aromatic rings. The second kappa shape index (κ2) is 8.79. The van der Waals surface area contributed by atoms with Crippen LogP contribution in [-0.4, -0.2) is 44.7 Å². The number of carbonyl (C=O) groups excluding carboxylic acids is 1. The van der Waals surface area contributed by atoms with Gasteiger partial charge in [-0.3, -0.25) is 4.79 Å². The van der Waals surface area contributed by atoms with Crippen LogP contribution < -0.4 is 4.74 Å². The average molecular weight is 305 g/mol. The summed E-state index contributed by atoms with van der Waals surface area (Å²) in [7, 11) is 3.39. The van der Waals surface area contributed by atoms with E-state index in [4.69, 9.17) is 9.47 Å². The highest BCUT2D eigenvalue weighted by molar-refractivity contribution is 5.79. The van der Waals surface area contributed by atoms with Gasteiger partial charge in [0.25, 0.3) is 0 Å². The first-order valence-corrected chi connectivity index (χ1v) is 8.12. The molecule has 1 fully saturated rings. The predicted molar refractivity (Wildman–Crippen MR) is 87.1 cm³/mol. The van der Waals surface area contributed by atoms with E-state index in [0.29, 0.717) is 12.3 Å². The highest BCUT2D eigenvalue weighted by atomic mass is 16.5. The molecule has 0 N–H and O–H groups in total. The molecule has 22 heavy (non-hydrogen) atoms. The third-order valence-electron chi connectivity index (χ3n) is 4.32. The monoisotopic (exact) mass is 305 g/mol. The van der Waals surface area contributed by atoms with Crippen molar-refractivity contribution in [3.8, 4) is 5.75 Å². The zero-order valence-corrected chi connectivity index (χ0v) is 13.7. The summed E-state index contributed by atoms with van der Waals surface area (Å²) >= 11 is 0. The Morgan fingerprint density at radius 1 is 1.36 bits per heavy atom. The van der Waals surface area contributed by atoms with E-state index in [-0.39, 0.29) is 5.91 Å². The van der Waals surface area contributed by atoms with Crippen molar-refractivity contribution in [2.75, 3.05) is 33.9 Å². The van der Waals surface area contributed by atoms with Gasteiger partial charge in [-0.1, -0.05) is 12.1 Å². The fourth-order valence-electron chi connectivity index (χ4n) is 3.11. The Balaban J connectivity index is 1.85. The van der Waals surface area contributed by atoms with Gasteiger partial charge in [0.15, 0.2) is 0 Å². The zero-order chi connectivity index (χ0) is 15.8. The van der Waals surface area contributed by atoms with Crippen LogP contribution in [0.25, 0.3) is 0 Å². The lowest BCUT2D eigenvalue weighted by atomic mass is 9.93. The van der Waals surface area contributed by atoms with Crippen molar-refractivity contribution in [3.05, 3.63) is 29.8 Å². The standard InChI is InChI=1S/C18H27NO3/c1-21-11-5-8-15-7-4-10-19(14-15)18(20)13-16-6-3-9-17(12-16)22-2/h3,6,9,12,15H,4-5,7-8,10-11,13-14H2,1-2H3/t15-/m1/s1. The first-order valence-electron chi connectivity index (χ1n) is 8.12. The summed E-state index contributed by atoms with van der Waals surface area (Å²) in [4.78, 5) is 14.5. The second-order valence-electron chi connectivity index (χ2n) is 6.01. The summed E-state index contributed by atoms with van der Waals surface area (Å²) in [6.07, 6.45) is 5.03. The number of hydrogen-bond donors (Lipinski definition) is 0. The van der Waals surface area contributed by atoms with E-state index in [9.17, 15) is 4.79 Å². The van der Waals surface area contributed by atoms with Crippen LogP contribution in [0, 0.1) is 5.92 Å². The van der Waals surface area contributed by atoms with Gasteiger partial charge in [-0.05, 0) is 49.3 Å². The van der Waals surface area contributed by atoms with Gasteiger partial charge in [0.1, 0.15) is 5.75 Å². The third kappa shape index (κ3) is 5.02. The van der Waals surface area contributed by atoms with Gasteiger partial charge in [-0.15, -0.1) is 0 Å². The van der Waals surface area contributed by atoms with Crippen molar-refractivity contribution in [2.45, 2.75) is 32.1 Å². The lowest BCUT2D eigenvalue weighted by Gasteiger charge is -2.33. The van der Waals surface area contributed by atoms with E-state index in [2.05, 4.69) is 0 Å². The van der Waals surface area contributed by atoms with Crippen LogP contribution in [0.1, 0.15) is 31.2 Å². The zero-order valence-electron chi connectivity index (χ0n) is 13.7. The van der Waals surface area contributed by atoms with Gasteiger partial charge in [0, 0.05) is 26.8 Å². The fraction of sp³-hybridized carbons (Fsp3) is 0.611. The Morgan fingerprint density at radius 3 is 3.00 bits per heavy atom. The SMILES string of the molecule is COCCC[C@H]1CCCN(C(=O)Cc2cccc(OC)c2)C1. The fourth-order valence-corrected chi connectivity index (χ4v) is 3.11. The summed E-state index contributed by atoms with van der Waals surface area (Å²) in [6, 6.07) is 7.77. The molecule has 0 aliphatic carbocycles. The quantitative estimate of drug-likeness (QED) is 0.727. The average Bonchev–Trinajstić information content (AvgIpc) is 2.55. The molecule has 1 aromatic carbocycles. The number of rotatable bonds is 7. The number of methoxy groups -OCH3 is 2. The molecule has 1 amide bonds. The number of likely N-dealkylation sites (tertiary alicyclic amines) is 1. The Kier molecular flexibility index (Phi) is 6.72. The third-order valence-corrected chi connectivity index (χ3v) is 4.32. The number of carbonyl (C=O) groups is 1. The van der Waals surface area contributed by atoms with E-state index in [1.165, 1.54) is 6.42 Å². The minimum atomic E-state index is 0.227. The van der Waals surface area contributed by atoms with Gasteiger partial charge in [-0.2, -0.15) is 0 Å². The second-order valence-corrected chi connectivity index (χ2v) is 6.01. The molecule has 4 heteroatoms. The van der Waals surface area contributed by atoms with Gasteiger partial charge < -0.3 is 14.4 Å². The number of ether oxygens (including phenoxy) is 2. The summed E-state index contributed by atoms with van der Waals surface area (Å²) in [5.74, 6) is 1.66. The minimum absolute atomic E-state index is 0.227. The first-order chi connectivity index (χ1) is 10.7. The largest absolute Gasteiger partial charge is 0.497 e. The lowest BCUT2D eigenvalue weighted by molar-refractivity contribution is -0.132. The molecule has 0 saturated carbocycles. The Hall–Kier alpha value is -1.55. The smallest absolute Gasteiger partial charge is 0.227 e. The maximum atomic E-state index is 12.5. The molecule has 122 valence electrons. The first kappa shape index (κ1) is 16.8. The maximum absolute atomic E-state index is 12.5. The molecule has 1 saturated heterocycles. The van der Waals surface area contributed by atoms with Crippen molar-refractivity contribution in [3.63, 3.8) is 0 Å². The van der Waals surface area contributed by atoms with Crippen LogP contribution in [0.2, 0.25) is 0 Å². The highest BCUT2D eigenvalue weighted by Gasteiger charge is 2.23. The molecular weight excluding hydrogens is 278 g/mol. The highest BCUT2D eigenvalue weighted by Crippen LogP contribution is 2.22. The van der Waals surface area contributed by atoms with E-state index >= 15 is 0 Å². The summed E-state index contributed by atoms with van der Waals surface area (Å²) in [5, 5.41) is 0. The molecule has 0 radical (unpaired) electrons. The van der Waals surface area contributed by atoms with Gasteiger partial charge in [-0.25, -0.2) is 0 Å². The Labute approximate surface area is 133 Å². The van der Waals surface area contributed by atoms with Crippen LogP contribution >= 0.6 is 0 Å². The van der Waals surface area contributed by atoms with Crippen LogP contribution in [0.3, 0.4) is 0 Å². The predicted octanol–water partition coefficient (Wildman–Crippen LogP) is 2.90. The molecule has 4 nitrogen and oxygen atoms in total. The van der Waals surface area contributed by atoms with E-state index in [1.807, 2.05) is 29.2 Å². The van der Waals surface area contributed by atoms with Crippen LogP contribution in [0.4, 0.5) is 0 Å². The number of amides is 1. The van der Waals surface area contributed by atoms with Crippen molar-refractivity contribution < 1.29 is 14.3 Å². The number of piperidine rings is 1. The molecule has 2 rings (SSSR count). The molecule has 0 aromatic heterocycles.